The molecule has 0 saturated carbocycles. The van der Waals surface area contributed by atoms with Gasteiger partial charge < -0.3 is 15.0 Å². The van der Waals surface area contributed by atoms with Crippen LogP contribution in [0.5, 0.6) is 0 Å². The molecule has 2 unspecified atom stereocenters. The minimum Gasteiger partial charge on any atom is -0.391 e. The Morgan fingerprint density at radius 1 is 1.42 bits per heavy atom. The highest BCUT2D eigenvalue weighted by molar-refractivity contribution is 6.06. The number of carbonyl (C=O) groups is 1. The molecule has 2 atom stereocenters. The van der Waals surface area contributed by atoms with Crippen LogP contribution in [0.25, 0.3) is 10.9 Å². The molecule has 0 bridgehead atoms. The Bertz CT molecular complexity index is 605. The Morgan fingerprint density at radius 3 is 3.00 bits per heavy atom. The summed E-state index contributed by atoms with van der Waals surface area (Å²) in [6.07, 6.45) is 2.20. The van der Waals surface area contributed by atoms with Crippen molar-refractivity contribution in [2.24, 2.45) is 5.92 Å². The molecule has 2 N–H and O–H groups in total. The van der Waals surface area contributed by atoms with E-state index < -0.39 is 6.10 Å². The van der Waals surface area contributed by atoms with E-state index in [0.29, 0.717) is 12.1 Å². The molecule has 0 spiro atoms. The number of nitrogens with zero attached hydrogens (tertiary/aromatic N) is 1. The summed E-state index contributed by atoms with van der Waals surface area (Å²) in [5.41, 5.74) is 1.66. The van der Waals surface area contributed by atoms with Crippen LogP contribution in [-0.2, 0) is 0 Å². The first kappa shape index (κ1) is 12.2. The maximum Gasteiger partial charge on any atom is 0.256 e. The van der Waals surface area contributed by atoms with Crippen LogP contribution in [0.15, 0.2) is 30.5 Å². The van der Waals surface area contributed by atoms with E-state index in [2.05, 4.69) is 4.98 Å². The van der Waals surface area contributed by atoms with Gasteiger partial charge >= 0.3 is 0 Å². The number of amides is 1. The summed E-state index contributed by atoms with van der Waals surface area (Å²) in [6, 6.07) is 7.78. The van der Waals surface area contributed by atoms with Crippen molar-refractivity contribution in [1.29, 1.82) is 0 Å². The first-order valence-corrected chi connectivity index (χ1v) is 6.70. The Hall–Kier alpha value is -1.81. The predicted molar refractivity (Wildman–Crippen MR) is 74.0 cm³/mol. The van der Waals surface area contributed by atoms with Crippen molar-refractivity contribution in [1.82, 2.24) is 9.88 Å². The Kier molecular flexibility index (Phi) is 3.03. The van der Waals surface area contributed by atoms with Gasteiger partial charge in [-0.3, -0.25) is 4.79 Å². The number of benzene rings is 1. The lowest BCUT2D eigenvalue weighted by Crippen LogP contribution is -2.45. The summed E-state index contributed by atoms with van der Waals surface area (Å²) in [6.45, 7) is 3.17. The van der Waals surface area contributed by atoms with E-state index in [1.165, 1.54) is 0 Å². The number of aliphatic hydroxyl groups is 1. The summed E-state index contributed by atoms with van der Waals surface area (Å²) in [5, 5.41) is 10.9. The van der Waals surface area contributed by atoms with Crippen LogP contribution in [0.4, 0.5) is 0 Å². The number of hydrogen-bond acceptors (Lipinski definition) is 2. The fraction of sp³-hybridized carbons (Fsp3) is 0.400. The van der Waals surface area contributed by atoms with Gasteiger partial charge in [0, 0.05) is 30.2 Å². The third kappa shape index (κ3) is 2.12. The van der Waals surface area contributed by atoms with Crippen molar-refractivity contribution >= 4 is 16.8 Å². The Balaban J connectivity index is 1.88. The molecule has 1 aliphatic rings. The second kappa shape index (κ2) is 4.70. The monoisotopic (exact) mass is 258 g/mol. The van der Waals surface area contributed by atoms with E-state index in [1.54, 1.807) is 11.1 Å². The highest BCUT2D eigenvalue weighted by atomic mass is 16.3. The zero-order valence-electron chi connectivity index (χ0n) is 11.0. The predicted octanol–water partition coefficient (Wildman–Crippen LogP) is 2.01. The lowest BCUT2D eigenvalue weighted by Gasteiger charge is -2.34. The van der Waals surface area contributed by atoms with Gasteiger partial charge in [-0.2, -0.15) is 0 Å². The molecule has 0 aliphatic carbocycles. The Labute approximate surface area is 112 Å². The molecule has 1 aromatic heterocycles. The lowest BCUT2D eigenvalue weighted by atomic mass is 9.95. The fourth-order valence-corrected chi connectivity index (χ4v) is 2.65. The van der Waals surface area contributed by atoms with Crippen molar-refractivity contribution in [2.45, 2.75) is 19.4 Å². The molecule has 1 fully saturated rings. The highest BCUT2D eigenvalue weighted by Crippen LogP contribution is 2.23. The summed E-state index contributed by atoms with van der Waals surface area (Å²) in [7, 11) is 0. The maximum atomic E-state index is 12.5. The molecule has 1 saturated heterocycles. The van der Waals surface area contributed by atoms with Gasteiger partial charge in [0.1, 0.15) is 0 Å². The van der Waals surface area contributed by atoms with Gasteiger partial charge in [-0.25, -0.2) is 0 Å². The average molecular weight is 258 g/mol. The number of aromatic nitrogens is 1. The van der Waals surface area contributed by atoms with Crippen LogP contribution in [0, 0.1) is 5.92 Å². The minimum atomic E-state index is -0.414. The first-order chi connectivity index (χ1) is 9.16. The van der Waals surface area contributed by atoms with Crippen LogP contribution < -0.4 is 0 Å². The third-order valence-corrected chi connectivity index (χ3v) is 4.03. The first-order valence-electron chi connectivity index (χ1n) is 6.70. The number of fused-ring (bicyclic) bond motifs is 1. The van der Waals surface area contributed by atoms with Gasteiger partial charge in [-0.05, 0) is 18.4 Å². The van der Waals surface area contributed by atoms with Gasteiger partial charge in [-0.1, -0.05) is 25.1 Å². The number of likely N-dealkylation sites (tertiary alicyclic amines) is 1. The van der Waals surface area contributed by atoms with Crippen molar-refractivity contribution in [2.75, 3.05) is 13.1 Å². The number of carbonyl (C=O) groups excluding carboxylic acids is 1. The van der Waals surface area contributed by atoms with E-state index in [0.717, 1.165) is 23.9 Å². The number of β-amino-alcohol motifs (C(OH)–C–C–N with tert-alkyl or cyclic N) is 1. The van der Waals surface area contributed by atoms with E-state index in [-0.39, 0.29) is 11.8 Å². The molecule has 2 aromatic rings. The normalized spacial score (nSPS) is 23.8. The van der Waals surface area contributed by atoms with Gasteiger partial charge in [0.05, 0.1) is 11.7 Å². The van der Waals surface area contributed by atoms with E-state index >= 15 is 0 Å². The summed E-state index contributed by atoms with van der Waals surface area (Å²) < 4.78 is 0. The number of aromatic amines is 1. The topological polar surface area (TPSA) is 56.3 Å². The molecule has 4 heteroatoms. The minimum absolute atomic E-state index is 0.00315. The molecule has 100 valence electrons. The molecule has 19 heavy (non-hydrogen) atoms. The van der Waals surface area contributed by atoms with E-state index in [4.69, 9.17) is 0 Å². The standard InChI is InChI=1S/C15H18N2O2/c1-10-6-7-17(9-14(10)18)15(19)12-8-16-13-5-3-2-4-11(12)13/h2-5,8,10,14,16,18H,6-7,9H2,1H3. The number of H-pyrrole nitrogens is 1. The molecule has 1 aromatic carbocycles. The highest BCUT2D eigenvalue weighted by Gasteiger charge is 2.28. The Morgan fingerprint density at radius 2 is 2.21 bits per heavy atom. The quantitative estimate of drug-likeness (QED) is 0.822. The molecule has 1 amide bonds. The molecular formula is C15H18N2O2. The number of para-hydroxylation sites is 1. The smallest absolute Gasteiger partial charge is 0.256 e. The molecular weight excluding hydrogens is 240 g/mol. The summed E-state index contributed by atoms with van der Waals surface area (Å²) in [4.78, 5) is 17.4. The number of piperidine rings is 1. The van der Waals surface area contributed by atoms with Crippen LogP contribution in [0.1, 0.15) is 23.7 Å². The lowest BCUT2D eigenvalue weighted by molar-refractivity contribution is 0.0250. The van der Waals surface area contributed by atoms with Gasteiger partial charge in [0.2, 0.25) is 0 Å². The van der Waals surface area contributed by atoms with Crippen molar-refractivity contribution in [3.63, 3.8) is 0 Å². The number of aliphatic hydroxyl groups excluding tert-OH is 1. The van der Waals surface area contributed by atoms with Crippen LogP contribution in [0.3, 0.4) is 0 Å². The number of nitrogens with one attached hydrogen (secondary N) is 1. The second-order valence-corrected chi connectivity index (χ2v) is 5.33. The number of hydrogen-bond donors (Lipinski definition) is 2. The SMILES string of the molecule is CC1CCN(C(=O)c2c[nH]c3ccccc23)CC1O. The van der Waals surface area contributed by atoms with Crippen molar-refractivity contribution in [3.05, 3.63) is 36.0 Å². The van der Waals surface area contributed by atoms with E-state index in [1.807, 2.05) is 31.2 Å². The van der Waals surface area contributed by atoms with Crippen LogP contribution in [0.2, 0.25) is 0 Å². The van der Waals surface area contributed by atoms with Crippen LogP contribution >= 0.6 is 0 Å². The zero-order valence-corrected chi connectivity index (χ0v) is 11.0. The van der Waals surface area contributed by atoms with Gasteiger partial charge in [0.25, 0.3) is 5.91 Å². The van der Waals surface area contributed by atoms with Crippen molar-refractivity contribution < 1.29 is 9.90 Å². The molecule has 1 aliphatic heterocycles. The van der Waals surface area contributed by atoms with E-state index in [9.17, 15) is 9.90 Å². The molecule has 4 nitrogen and oxygen atoms in total. The largest absolute Gasteiger partial charge is 0.391 e. The zero-order chi connectivity index (χ0) is 13.4. The number of rotatable bonds is 1. The van der Waals surface area contributed by atoms with Crippen LogP contribution in [-0.4, -0.2) is 40.1 Å². The van der Waals surface area contributed by atoms with Gasteiger partial charge in [-0.15, -0.1) is 0 Å². The summed E-state index contributed by atoms with van der Waals surface area (Å²) in [5.74, 6) is 0.274. The second-order valence-electron chi connectivity index (χ2n) is 5.33. The third-order valence-electron chi connectivity index (χ3n) is 4.03. The fourth-order valence-electron chi connectivity index (χ4n) is 2.65. The average Bonchev–Trinajstić information content (AvgIpc) is 2.85. The summed E-state index contributed by atoms with van der Waals surface area (Å²) >= 11 is 0. The molecule has 0 radical (unpaired) electrons. The van der Waals surface area contributed by atoms with Gasteiger partial charge in [0.15, 0.2) is 0 Å². The molecule has 3 rings (SSSR count). The molecule has 2 heterocycles. The maximum absolute atomic E-state index is 12.5. The van der Waals surface area contributed by atoms with Crippen molar-refractivity contribution in [3.8, 4) is 0 Å².